The van der Waals surface area contributed by atoms with E-state index in [2.05, 4.69) is 15.2 Å². The number of fused-ring (bicyclic) bond motifs is 1. The van der Waals surface area contributed by atoms with Crippen LogP contribution in [0.15, 0.2) is 22.9 Å². The molecule has 0 aliphatic carbocycles. The van der Waals surface area contributed by atoms with E-state index in [-0.39, 0.29) is 11.8 Å². The highest BCUT2D eigenvalue weighted by Crippen LogP contribution is 2.35. The number of carbonyl (C=O) groups is 1. The van der Waals surface area contributed by atoms with Crippen molar-refractivity contribution in [3.05, 3.63) is 35.4 Å². The van der Waals surface area contributed by atoms with Gasteiger partial charge in [0.15, 0.2) is 11.4 Å². The molecule has 0 radical (unpaired) electrons. The molecule has 1 aliphatic heterocycles. The van der Waals surface area contributed by atoms with Gasteiger partial charge < -0.3 is 9.42 Å². The fourth-order valence-electron chi connectivity index (χ4n) is 3.94. The number of likely N-dealkylation sites (tertiary alicyclic amines) is 1. The maximum atomic E-state index is 12.5. The van der Waals surface area contributed by atoms with E-state index < -0.39 is 0 Å². The maximum absolute atomic E-state index is 12.5. The number of hydrogen-bond donors (Lipinski definition) is 0. The zero-order valence-corrected chi connectivity index (χ0v) is 16.1. The van der Waals surface area contributed by atoms with Gasteiger partial charge in [0, 0.05) is 43.8 Å². The predicted octanol–water partition coefficient (Wildman–Crippen LogP) is 3.51. The normalized spacial score (nSPS) is 17.6. The first kappa shape index (κ1) is 17.7. The molecule has 7 nitrogen and oxygen atoms in total. The van der Waals surface area contributed by atoms with E-state index in [0.717, 1.165) is 54.1 Å². The van der Waals surface area contributed by atoms with Gasteiger partial charge in [-0.25, -0.2) is 9.50 Å². The van der Waals surface area contributed by atoms with Gasteiger partial charge in [-0.2, -0.15) is 5.10 Å². The second-order valence-electron chi connectivity index (χ2n) is 7.37. The van der Waals surface area contributed by atoms with Crippen LogP contribution in [0.1, 0.15) is 55.6 Å². The van der Waals surface area contributed by atoms with Crippen molar-refractivity contribution in [3.8, 4) is 11.3 Å². The first-order valence-corrected chi connectivity index (χ1v) is 9.63. The molecule has 0 aromatic carbocycles. The van der Waals surface area contributed by atoms with Gasteiger partial charge in [-0.3, -0.25) is 4.79 Å². The topological polar surface area (TPSA) is 76.5 Å². The lowest BCUT2D eigenvalue weighted by molar-refractivity contribution is -0.132. The molecule has 4 heterocycles. The summed E-state index contributed by atoms with van der Waals surface area (Å²) in [6, 6.07) is 3.90. The van der Waals surface area contributed by atoms with Crippen LogP contribution in [0.25, 0.3) is 17.0 Å². The Morgan fingerprint density at radius 3 is 2.89 bits per heavy atom. The molecule has 1 saturated heterocycles. The Hall–Kier alpha value is -2.70. The number of hydrogen-bond acceptors (Lipinski definition) is 5. The van der Waals surface area contributed by atoms with Gasteiger partial charge in [-0.15, -0.1) is 0 Å². The highest BCUT2D eigenvalue weighted by molar-refractivity contribution is 5.76. The molecule has 1 aliphatic rings. The molecule has 1 atom stereocenters. The molecule has 27 heavy (non-hydrogen) atoms. The van der Waals surface area contributed by atoms with Crippen molar-refractivity contribution in [3.63, 3.8) is 0 Å². The van der Waals surface area contributed by atoms with Crippen molar-refractivity contribution in [1.82, 2.24) is 24.7 Å². The molecule has 0 saturated carbocycles. The minimum absolute atomic E-state index is 0.185. The number of nitrogens with zero attached hydrogens (tertiary/aromatic N) is 5. The summed E-state index contributed by atoms with van der Waals surface area (Å²) in [6.45, 7) is 7.45. The first-order chi connectivity index (χ1) is 13.1. The minimum atomic E-state index is 0.185. The summed E-state index contributed by atoms with van der Waals surface area (Å²) in [5.41, 5.74) is 4.53. The van der Waals surface area contributed by atoms with Crippen LogP contribution in [0.2, 0.25) is 0 Å². The average molecular weight is 367 g/mol. The zero-order valence-electron chi connectivity index (χ0n) is 16.1. The van der Waals surface area contributed by atoms with E-state index >= 15 is 0 Å². The van der Waals surface area contributed by atoms with Crippen molar-refractivity contribution < 1.29 is 9.32 Å². The molecule has 4 rings (SSSR count). The number of piperidine rings is 1. The van der Waals surface area contributed by atoms with Gasteiger partial charge in [0.1, 0.15) is 0 Å². The van der Waals surface area contributed by atoms with Crippen LogP contribution < -0.4 is 0 Å². The summed E-state index contributed by atoms with van der Waals surface area (Å²) < 4.78 is 7.46. The zero-order chi connectivity index (χ0) is 19.0. The fraction of sp³-hybridized carbons (Fsp3) is 0.500. The molecule has 0 spiro atoms. The summed E-state index contributed by atoms with van der Waals surface area (Å²) in [5, 5.41) is 8.71. The highest BCUT2D eigenvalue weighted by Gasteiger charge is 2.29. The van der Waals surface area contributed by atoms with E-state index in [4.69, 9.17) is 4.52 Å². The predicted molar refractivity (Wildman–Crippen MR) is 101 cm³/mol. The van der Waals surface area contributed by atoms with E-state index in [1.165, 1.54) is 0 Å². The monoisotopic (exact) mass is 367 g/mol. The number of aryl methyl sites for hydroxylation is 2. The molecule has 142 valence electrons. The van der Waals surface area contributed by atoms with Crippen molar-refractivity contribution >= 4 is 11.6 Å². The lowest BCUT2D eigenvalue weighted by Gasteiger charge is -2.33. The van der Waals surface area contributed by atoms with Gasteiger partial charge in [0.05, 0.1) is 22.6 Å². The minimum Gasteiger partial charge on any atom is -0.356 e. The standard InChI is InChI=1S/C20H25N5O2/c1-4-6-19(26)24-8-5-7-15(12-24)20-16(17-9-14(3)23-27-17)11-21-18-10-13(2)22-25(18)20/h9-11,15H,4-8,12H2,1-3H3. The molecule has 3 aromatic heterocycles. The Bertz CT molecular complexity index is 974. The van der Waals surface area contributed by atoms with Crippen LogP contribution in [0.4, 0.5) is 0 Å². The molecule has 0 N–H and O–H groups in total. The summed E-state index contributed by atoms with van der Waals surface area (Å²) in [4.78, 5) is 19.0. The third-order valence-electron chi connectivity index (χ3n) is 5.16. The van der Waals surface area contributed by atoms with Gasteiger partial charge in [0.2, 0.25) is 5.91 Å². The second kappa shape index (κ2) is 7.13. The lowest BCUT2D eigenvalue weighted by atomic mass is 9.91. The Labute approximate surface area is 158 Å². The van der Waals surface area contributed by atoms with Gasteiger partial charge in [-0.05, 0) is 33.1 Å². The average Bonchev–Trinajstić information content (AvgIpc) is 3.25. The number of aromatic nitrogens is 4. The Kier molecular flexibility index (Phi) is 4.68. The highest BCUT2D eigenvalue weighted by atomic mass is 16.5. The van der Waals surface area contributed by atoms with E-state index in [1.54, 1.807) is 0 Å². The quantitative estimate of drug-likeness (QED) is 0.705. The lowest BCUT2D eigenvalue weighted by Crippen LogP contribution is -2.39. The van der Waals surface area contributed by atoms with Crippen LogP contribution in [0.3, 0.4) is 0 Å². The largest absolute Gasteiger partial charge is 0.356 e. The second-order valence-corrected chi connectivity index (χ2v) is 7.37. The van der Waals surface area contributed by atoms with Crippen molar-refractivity contribution in [2.24, 2.45) is 0 Å². The summed E-state index contributed by atoms with van der Waals surface area (Å²) >= 11 is 0. The van der Waals surface area contributed by atoms with Gasteiger partial charge >= 0.3 is 0 Å². The Morgan fingerprint density at radius 1 is 1.30 bits per heavy atom. The number of carbonyl (C=O) groups excluding carboxylic acids is 1. The Balaban J connectivity index is 1.80. The van der Waals surface area contributed by atoms with Crippen LogP contribution in [-0.2, 0) is 4.79 Å². The third-order valence-corrected chi connectivity index (χ3v) is 5.16. The summed E-state index contributed by atoms with van der Waals surface area (Å²) in [7, 11) is 0. The van der Waals surface area contributed by atoms with Crippen LogP contribution in [-0.4, -0.2) is 43.7 Å². The summed E-state index contributed by atoms with van der Waals surface area (Å²) in [5.74, 6) is 1.12. The summed E-state index contributed by atoms with van der Waals surface area (Å²) in [6.07, 6.45) is 5.32. The Morgan fingerprint density at radius 2 is 2.15 bits per heavy atom. The van der Waals surface area contributed by atoms with Crippen LogP contribution in [0.5, 0.6) is 0 Å². The SMILES string of the molecule is CCCC(=O)N1CCCC(c2c(-c3cc(C)no3)cnc3cc(C)nn23)C1. The molecular formula is C20H25N5O2. The fourth-order valence-corrected chi connectivity index (χ4v) is 3.94. The van der Waals surface area contributed by atoms with Gasteiger partial charge in [-0.1, -0.05) is 12.1 Å². The van der Waals surface area contributed by atoms with Crippen LogP contribution >= 0.6 is 0 Å². The molecule has 3 aromatic rings. The van der Waals surface area contributed by atoms with Crippen molar-refractivity contribution in [2.45, 2.75) is 52.4 Å². The smallest absolute Gasteiger partial charge is 0.222 e. The van der Waals surface area contributed by atoms with E-state index in [9.17, 15) is 4.79 Å². The third kappa shape index (κ3) is 3.34. The van der Waals surface area contributed by atoms with Crippen LogP contribution in [0, 0.1) is 13.8 Å². The molecule has 1 unspecified atom stereocenters. The molecule has 1 fully saturated rings. The van der Waals surface area contributed by atoms with E-state index in [0.29, 0.717) is 18.7 Å². The maximum Gasteiger partial charge on any atom is 0.222 e. The van der Waals surface area contributed by atoms with Crippen molar-refractivity contribution in [2.75, 3.05) is 13.1 Å². The first-order valence-electron chi connectivity index (χ1n) is 9.63. The number of amides is 1. The van der Waals surface area contributed by atoms with E-state index in [1.807, 2.05) is 48.5 Å². The van der Waals surface area contributed by atoms with Crippen molar-refractivity contribution in [1.29, 1.82) is 0 Å². The molecular weight excluding hydrogens is 342 g/mol. The molecule has 1 amide bonds. The molecule has 7 heteroatoms. The molecule has 0 bridgehead atoms. The van der Waals surface area contributed by atoms with Gasteiger partial charge in [0.25, 0.3) is 0 Å². The number of rotatable bonds is 4.